The van der Waals surface area contributed by atoms with E-state index in [1.807, 2.05) is 6.07 Å². The Morgan fingerprint density at radius 1 is 1.38 bits per heavy atom. The van der Waals surface area contributed by atoms with E-state index in [0.717, 1.165) is 36.1 Å². The number of nitrogens with one attached hydrogen (secondary N) is 1. The first-order chi connectivity index (χ1) is 9.93. The maximum Gasteiger partial charge on any atom is 0.296 e. The molecule has 0 bridgehead atoms. The molecule has 1 atom stereocenters. The predicted molar refractivity (Wildman–Crippen MR) is 84.0 cm³/mol. The van der Waals surface area contributed by atoms with Gasteiger partial charge in [0.15, 0.2) is 0 Å². The number of ether oxygens (including phenoxy) is 1. The van der Waals surface area contributed by atoms with Crippen LogP contribution < -0.4 is 10.2 Å². The topological polar surface area (TPSA) is 58.6 Å². The van der Waals surface area contributed by atoms with Crippen molar-refractivity contribution in [2.75, 3.05) is 30.4 Å². The van der Waals surface area contributed by atoms with Crippen molar-refractivity contribution in [3.63, 3.8) is 0 Å². The molecule has 112 valence electrons. The summed E-state index contributed by atoms with van der Waals surface area (Å²) in [6.45, 7) is 3.81. The highest BCUT2D eigenvalue weighted by Gasteiger charge is 2.34. The van der Waals surface area contributed by atoms with Crippen molar-refractivity contribution in [3.05, 3.63) is 22.2 Å². The quantitative estimate of drug-likeness (QED) is 0.831. The lowest BCUT2D eigenvalue weighted by molar-refractivity contribution is -0.112. The monoisotopic (exact) mass is 352 g/mol. The van der Waals surface area contributed by atoms with Gasteiger partial charge in [-0.3, -0.25) is 9.59 Å². The molecule has 0 spiro atoms. The van der Waals surface area contributed by atoms with E-state index in [1.54, 1.807) is 13.2 Å². The van der Waals surface area contributed by atoms with Crippen molar-refractivity contribution in [1.82, 2.24) is 0 Å². The lowest BCUT2D eigenvalue weighted by atomic mass is 9.94. The third-order valence-electron chi connectivity index (χ3n) is 4.28. The molecule has 1 aromatic carbocycles. The van der Waals surface area contributed by atoms with Gasteiger partial charge in [0.2, 0.25) is 0 Å². The molecule has 1 aromatic rings. The number of carbonyl (C=O) groups excluding carboxylic acids is 2. The van der Waals surface area contributed by atoms with Crippen LogP contribution in [0.25, 0.3) is 0 Å². The number of anilines is 2. The van der Waals surface area contributed by atoms with Crippen LogP contribution in [0, 0.1) is 0 Å². The fourth-order valence-electron chi connectivity index (χ4n) is 2.97. The molecular formula is C15H17BrN2O3. The average Bonchev–Trinajstić information content (AvgIpc) is 2.73. The SMILES string of the molecule is COC1(C)CCCN(c2cc3c(cc2Br)C(=O)C(=O)N3)C1. The van der Waals surface area contributed by atoms with Crippen LogP contribution in [0.3, 0.4) is 0 Å². The molecule has 1 fully saturated rings. The molecule has 0 aliphatic carbocycles. The van der Waals surface area contributed by atoms with E-state index in [-0.39, 0.29) is 5.60 Å². The maximum absolute atomic E-state index is 11.7. The summed E-state index contributed by atoms with van der Waals surface area (Å²) in [5.74, 6) is -1.04. The Morgan fingerprint density at radius 3 is 2.86 bits per heavy atom. The molecule has 1 amide bonds. The minimum Gasteiger partial charge on any atom is -0.377 e. The first-order valence-corrected chi connectivity index (χ1v) is 7.72. The fraction of sp³-hybridized carbons (Fsp3) is 0.467. The first-order valence-electron chi connectivity index (χ1n) is 6.93. The van der Waals surface area contributed by atoms with E-state index < -0.39 is 11.7 Å². The fourth-order valence-corrected chi connectivity index (χ4v) is 3.57. The van der Waals surface area contributed by atoms with Gasteiger partial charge in [-0.25, -0.2) is 0 Å². The molecule has 0 radical (unpaired) electrons. The van der Waals surface area contributed by atoms with Gasteiger partial charge < -0.3 is 15.0 Å². The number of Topliss-reactive ketones (excluding diaryl/α,β-unsaturated/α-hetero) is 1. The molecule has 21 heavy (non-hydrogen) atoms. The number of fused-ring (bicyclic) bond motifs is 1. The zero-order valence-corrected chi connectivity index (χ0v) is 13.6. The van der Waals surface area contributed by atoms with E-state index in [2.05, 4.69) is 33.1 Å². The number of carbonyl (C=O) groups is 2. The lowest BCUT2D eigenvalue weighted by Gasteiger charge is -2.41. The van der Waals surface area contributed by atoms with Gasteiger partial charge in [0.1, 0.15) is 0 Å². The number of rotatable bonds is 2. The van der Waals surface area contributed by atoms with Gasteiger partial charge >= 0.3 is 0 Å². The number of benzene rings is 1. The normalized spacial score (nSPS) is 25.0. The number of ketones is 1. The third kappa shape index (κ3) is 2.46. The van der Waals surface area contributed by atoms with E-state index in [4.69, 9.17) is 4.74 Å². The maximum atomic E-state index is 11.7. The van der Waals surface area contributed by atoms with Crippen LogP contribution >= 0.6 is 15.9 Å². The van der Waals surface area contributed by atoms with Crippen LogP contribution in [0.15, 0.2) is 16.6 Å². The number of piperidine rings is 1. The Bertz CT molecular complexity index is 632. The van der Waals surface area contributed by atoms with Gasteiger partial charge in [-0.05, 0) is 47.8 Å². The van der Waals surface area contributed by atoms with Crippen LogP contribution in [0.4, 0.5) is 11.4 Å². The molecule has 5 nitrogen and oxygen atoms in total. The van der Waals surface area contributed by atoms with E-state index in [9.17, 15) is 9.59 Å². The molecule has 2 heterocycles. The zero-order valence-electron chi connectivity index (χ0n) is 12.0. The largest absolute Gasteiger partial charge is 0.377 e. The summed E-state index contributed by atoms with van der Waals surface area (Å²) in [6, 6.07) is 3.59. The first kappa shape index (κ1) is 14.5. The number of methoxy groups -OCH3 is 1. The average molecular weight is 353 g/mol. The molecule has 1 saturated heterocycles. The smallest absolute Gasteiger partial charge is 0.296 e. The third-order valence-corrected chi connectivity index (χ3v) is 4.91. The Morgan fingerprint density at radius 2 is 2.14 bits per heavy atom. The second-order valence-corrected chi connectivity index (χ2v) is 6.67. The zero-order chi connectivity index (χ0) is 15.2. The van der Waals surface area contributed by atoms with Crippen molar-refractivity contribution in [3.8, 4) is 0 Å². The number of hydrogen-bond acceptors (Lipinski definition) is 4. The predicted octanol–water partition coefficient (Wildman–Crippen LogP) is 2.59. The molecular weight excluding hydrogens is 336 g/mol. The highest BCUT2D eigenvalue weighted by Crippen LogP contribution is 2.38. The summed E-state index contributed by atoms with van der Waals surface area (Å²) < 4.78 is 6.44. The van der Waals surface area contributed by atoms with Crippen molar-refractivity contribution in [2.45, 2.75) is 25.4 Å². The number of halogens is 1. The van der Waals surface area contributed by atoms with Gasteiger partial charge in [-0.1, -0.05) is 0 Å². The van der Waals surface area contributed by atoms with Crippen LogP contribution in [0.1, 0.15) is 30.1 Å². The number of hydrogen-bond donors (Lipinski definition) is 1. The summed E-state index contributed by atoms with van der Waals surface area (Å²) in [5.41, 5.74) is 1.83. The second-order valence-electron chi connectivity index (χ2n) is 5.81. The van der Waals surface area contributed by atoms with Crippen molar-refractivity contribution in [2.24, 2.45) is 0 Å². The van der Waals surface area contributed by atoms with Crippen LogP contribution in [-0.4, -0.2) is 37.5 Å². The van der Waals surface area contributed by atoms with Crippen LogP contribution in [-0.2, 0) is 9.53 Å². The number of nitrogens with zero attached hydrogens (tertiary/aromatic N) is 1. The Balaban J connectivity index is 1.95. The molecule has 1 N–H and O–H groups in total. The summed E-state index contributed by atoms with van der Waals surface area (Å²) in [4.78, 5) is 25.4. The minimum absolute atomic E-state index is 0.171. The Labute approximate surface area is 131 Å². The molecule has 6 heteroatoms. The van der Waals surface area contributed by atoms with Gasteiger partial charge in [0, 0.05) is 24.7 Å². The summed E-state index contributed by atoms with van der Waals surface area (Å²) in [6.07, 6.45) is 2.07. The molecule has 2 aliphatic rings. The van der Waals surface area contributed by atoms with Gasteiger partial charge in [0.25, 0.3) is 11.7 Å². The minimum atomic E-state index is -0.561. The standard InChI is InChI=1S/C15H17BrN2O3/c1-15(21-2)4-3-5-18(8-15)12-7-11-9(6-10(12)16)13(19)14(20)17-11/h6-7H,3-5,8H2,1-2H3,(H,17,19,20). The summed E-state index contributed by atoms with van der Waals surface area (Å²) in [7, 11) is 1.74. The van der Waals surface area contributed by atoms with Crippen LogP contribution in [0.2, 0.25) is 0 Å². The summed E-state index contributed by atoms with van der Waals surface area (Å²) >= 11 is 3.52. The molecule has 1 unspecified atom stereocenters. The second kappa shape index (κ2) is 5.10. The number of amides is 1. The van der Waals surface area contributed by atoms with Crippen molar-refractivity contribution < 1.29 is 14.3 Å². The highest BCUT2D eigenvalue weighted by molar-refractivity contribution is 9.10. The lowest BCUT2D eigenvalue weighted by Crippen LogP contribution is -2.47. The molecule has 0 aromatic heterocycles. The highest BCUT2D eigenvalue weighted by atomic mass is 79.9. The van der Waals surface area contributed by atoms with Gasteiger partial charge in [-0.2, -0.15) is 0 Å². The van der Waals surface area contributed by atoms with Gasteiger partial charge in [0.05, 0.1) is 22.5 Å². The molecule has 3 rings (SSSR count). The van der Waals surface area contributed by atoms with E-state index >= 15 is 0 Å². The Hall–Kier alpha value is -1.40. The Kier molecular flexibility index (Phi) is 3.53. The van der Waals surface area contributed by atoms with Crippen molar-refractivity contribution in [1.29, 1.82) is 0 Å². The summed E-state index contributed by atoms with van der Waals surface area (Å²) in [5, 5.41) is 2.62. The van der Waals surface area contributed by atoms with Crippen LogP contribution in [0.5, 0.6) is 0 Å². The van der Waals surface area contributed by atoms with Crippen molar-refractivity contribution >= 4 is 39.0 Å². The van der Waals surface area contributed by atoms with Gasteiger partial charge in [-0.15, -0.1) is 0 Å². The molecule has 0 saturated carbocycles. The van der Waals surface area contributed by atoms with E-state index in [0.29, 0.717) is 11.3 Å². The van der Waals surface area contributed by atoms with E-state index in [1.165, 1.54) is 0 Å². The molecule has 2 aliphatic heterocycles.